The number of nitrogens with zero attached hydrogens (tertiary/aromatic N) is 1. The monoisotopic (exact) mass is 373 g/mol. The van der Waals surface area contributed by atoms with Gasteiger partial charge in [0.25, 0.3) is 5.91 Å². The van der Waals surface area contributed by atoms with E-state index in [0.29, 0.717) is 25.7 Å². The van der Waals surface area contributed by atoms with Crippen LogP contribution in [0.25, 0.3) is 0 Å². The maximum absolute atomic E-state index is 12.4. The van der Waals surface area contributed by atoms with E-state index in [2.05, 4.69) is 24.3 Å². The van der Waals surface area contributed by atoms with E-state index in [0.717, 1.165) is 37.9 Å². The number of carbonyl (C=O) groups excluding carboxylic acids is 1. The molecule has 5 heteroatoms. The van der Waals surface area contributed by atoms with E-state index in [9.17, 15) is 4.79 Å². The van der Waals surface area contributed by atoms with Crippen molar-refractivity contribution in [2.24, 2.45) is 5.92 Å². The van der Waals surface area contributed by atoms with Gasteiger partial charge in [0.05, 0.1) is 25.4 Å². The lowest BCUT2D eigenvalue weighted by Crippen LogP contribution is -2.38. The van der Waals surface area contributed by atoms with Crippen molar-refractivity contribution >= 4 is 17.2 Å². The number of hydrogen-bond acceptors (Lipinski definition) is 4. The first-order chi connectivity index (χ1) is 12.8. The molecule has 2 heterocycles. The molecule has 0 aliphatic carbocycles. The molecular formula is C21H27NO3S. The normalized spacial score (nSPS) is 15.3. The Morgan fingerprint density at radius 2 is 1.85 bits per heavy atom. The Balaban J connectivity index is 1.42. The first-order valence-corrected chi connectivity index (χ1v) is 10.2. The summed E-state index contributed by atoms with van der Waals surface area (Å²) >= 11 is 1.58. The molecule has 1 amide bonds. The van der Waals surface area contributed by atoms with Crippen LogP contribution in [0.5, 0.6) is 0 Å². The third-order valence-corrected chi connectivity index (χ3v) is 5.60. The van der Waals surface area contributed by atoms with Gasteiger partial charge >= 0.3 is 0 Å². The second-order valence-electron chi connectivity index (χ2n) is 6.81. The molecule has 3 rings (SSSR count). The van der Waals surface area contributed by atoms with Crippen molar-refractivity contribution in [2.45, 2.75) is 25.9 Å². The molecule has 26 heavy (non-hydrogen) atoms. The van der Waals surface area contributed by atoms with Gasteiger partial charge in [-0.05, 0) is 47.8 Å². The zero-order chi connectivity index (χ0) is 18.2. The summed E-state index contributed by atoms with van der Waals surface area (Å²) in [5.74, 6) is 0.841. The minimum atomic E-state index is 0.183. The largest absolute Gasteiger partial charge is 0.382 e. The van der Waals surface area contributed by atoms with Gasteiger partial charge in [-0.15, -0.1) is 0 Å². The molecule has 1 aromatic heterocycles. The second kappa shape index (κ2) is 9.86. The zero-order valence-electron chi connectivity index (χ0n) is 15.4. The van der Waals surface area contributed by atoms with E-state index in [1.165, 1.54) is 11.1 Å². The van der Waals surface area contributed by atoms with Gasteiger partial charge in [-0.2, -0.15) is 11.3 Å². The summed E-state index contributed by atoms with van der Waals surface area (Å²) < 4.78 is 10.5. The van der Waals surface area contributed by atoms with Gasteiger partial charge in [0.1, 0.15) is 0 Å². The predicted molar refractivity (Wildman–Crippen MR) is 105 cm³/mol. The van der Waals surface area contributed by atoms with E-state index in [4.69, 9.17) is 9.47 Å². The fourth-order valence-electron chi connectivity index (χ4n) is 3.35. The number of rotatable bonds is 8. The van der Waals surface area contributed by atoms with Crippen molar-refractivity contribution in [3.8, 4) is 0 Å². The van der Waals surface area contributed by atoms with E-state index in [1.54, 1.807) is 18.4 Å². The molecule has 0 unspecified atom stereocenters. The average Bonchev–Trinajstić information content (AvgIpc) is 3.21. The Labute approximate surface area is 159 Å². The van der Waals surface area contributed by atoms with Gasteiger partial charge in [0, 0.05) is 25.6 Å². The number of carbonyl (C=O) groups is 1. The zero-order valence-corrected chi connectivity index (χ0v) is 16.2. The number of likely N-dealkylation sites (tertiary alicyclic amines) is 1. The maximum atomic E-state index is 12.4. The van der Waals surface area contributed by atoms with Crippen LogP contribution in [0.1, 0.15) is 34.3 Å². The molecule has 4 nitrogen and oxygen atoms in total. The molecule has 1 aliphatic rings. The van der Waals surface area contributed by atoms with Gasteiger partial charge in [-0.3, -0.25) is 4.79 Å². The van der Waals surface area contributed by atoms with E-state index in [1.807, 2.05) is 21.7 Å². The van der Waals surface area contributed by atoms with Crippen LogP contribution in [0.4, 0.5) is 0 Å². The van der Waals surface area contributed by atoms with Crippen molar-refractivity contribution < 1.29 is 14.3 Å². The lowest BCUT2D eigenvalue weighted by molar-refractivity contribution is 0.0616. The lowest BCUT2D eigenvalue weighted by Gasteiger charge is -2.32. The van der Waals surface area contributed by atoms with Crippen molar-refractivity contribution in [1.29, 1.82) is 0 Å². The molecule has 1 fully saturated rings. The third kappa shape index (κ3) is 5.40. The van der Waals surface area contributed by atoms with Crippen LogP contribution in [-0.2, 0) is 22.5 Å². The Hall–Kier alpha value is -1.69. The Bertz CT molecular complexity index is 661. The van der Waals surface area contributed by atoms with Gasteiger partial charge in [0.15, 0.2) is 0 Å². The predicted octanol–water partition coefficient (Wildman–Crippen LogP) is 4.01. The van der Waals surface area contributed by atoms with Gasteiger partial charge in [-0.1, -0.05) is 24.3 Å². The summed E-state index contributed by atoms with van der Waals surface area (Å²) in [6.45, 7) is 3.62. The maximum Gasteiger partial charge on any atom is 0.254 e. The van der Waals surface area contributed by atoms with Crippen LogP contribution >= 0.6 is 11.3 Å². The highest BCUT2D eigenvalue weighted by Crippen LogP contribution is 2.23. The van der Waals surface area contributed by atoms with Crippen molar-refractivity contribution in [2.75, 3.05) is 33.4 Å². The van der Waals surface area contributed by atoms with E-state index in [-0.39, 0.29) is 5.91 Å². The number of amides is 1. The second-order valence-corrected chi connectivity index (χ2v) is 7.59. The summed E-state index contributed by atoms with van der Waals surface area (Å²) in [6, 6.07) is 10.6. The lowest BCUT2D eigenvalue weighted by atomic mass is 9.90. The molecule has 0 radical (unpaired) electrons. The smallest absolute Gasteiger partial charge is 0.254 e. The number of benzene rings is 1. The molecule has 2 aromatic rings. The molecule has 1 saturated heterocycles. The average molecular weight is 374 g/mol. The minimum Gasteiger partial charge on any atom is -0.382 e. The van der Waals surface area contributed by atoms with Crippen LogP contribution in [0, 0.1) is 5.92 Å². The number of hydrogen-bond donors (Lipinski definition) is 0. The van der Waals surface area contributed by atoms with Crippen LogP contribution in [0.3, 0.4) is 0 Å². The summed E-state index contributed by atoms with van der Waals surface area (Å²) in [6.07, 6.45) is 3.25. The summed E-state index contributed by atoms with van der Waals surface area (Å²) in [7, 11) is 1.68. The molecule has 0 N–H and O–H groups in total. The Morgan fingerprint density at radius 1 is 1.12 bits per heavy atom. The van der Waals surface area contributed by atoms with E-state index >= 15 is 0 Å². The topological polar surface area (TPSA) is 38.8 Å². The quantitative estimate of drug-likeness (QED) is 0.657. The third-order valence-electron chi connectivity index (χ3n) is 4.92. The van der Waals surface area contributed by atoms with Crippen molar-refractivity contribution in [3.63, 3.8) is 0 Å². The first-order valence-electron chi connectivity index (χ1n) is 9.22. The molecule has 0 bridgehead atoms. The number of piperidine rings is 1. The molecule has 0 saturated carbocycles. The number of methoxy groups -OCH3 is 1. The Kier molecular flexibility index (Phi) is 7.23. The van der Waals surface area contributed by atoms with Crippen LogP contribution in [-0.4, -0.2) is 44.2 Å². The van der Waals surface area contributed by atoms with Crippen LogP contribution in [0.2, 0.25) is 0 Å². The number of thiophene rings is 1. The van der Waals surface area contributed by atoms with Crippen molar-refractivity contribution in [1.82, 2.24) is 4.90 Å². The highest BCUT2D eigenvalue weighted by molar-refractivity contribution is 7.08. The summed E-state index contributed by atoms with van der Waals surface area (Å²) in [5, 5.41) is 3.90. The molecule has 0 spiro atoms. The molecule has 0 atom stereocenters. The minimum absolute atomic E-state index is 0.183. The fourth-order valence-corrected chi connectivity index (χ4v) is 3.98. The number of ether oxygens (including phenoxy) is 2. The highest BCUT2D eigenvalue weighted by atomic mass is 32.1. The molecule has 1 aliphatic heterocycles. The van der Waals surface area contributed by atoms with Crippen LogP contribution in [0.15, 0.2) is 41.1 Å². The molecule has 140 valence electrons. The fraction of sp³-hybridized carbons (Fsp3) is 0.476. The summed E-state index contributed by atoms with van der Waals surface area (Å²) in [5.41, 5.74) is 3.39. The highest BCUT2D eigenvalue weighted by Gasteiger charge is 2.23. The van der Waals surface area contributed by atoms with E-state index < -0.39 is 0 Å². The van der Waals surface area contributed by atoms with Gasteiger partial charge in [0.2, 0.25) is 0 Å². The van der Waals surface area contributed by atoms with Gasteiger partial charge in [-0.25, -0.2) is 0 Å². The van der Waals surface area contributed by atoms with Crippen LogP contribution < -0.4 is 0 Å². The molecule has 1 aromatic carbocycles. The Morgan fingerprint density at radius 3 is 2.50 bits per heavy atom. The van der Waals surface area contributed by atoms with Crippen molar-refractivity contribution in [3.05, 3.63) is 57.8 Å². The standard InChI is InChI=1S/C21H27NO3S/c1-24-11-12-25-15-19-4-2-17(3-5-19)14-18-6-9-22(10-7-18)21(23)20-8-13-26-16-20/h2-5,8,13,16,18H,6-7,9-12,14-15H2,1H3. The molecular weight excluding hydrogens is 346 g/mol. The SMILES string of the molecule is COCCOCc1ccc(CC2CCN(C(=O)c3ccsc3)CC2)cc1. The van der Waals surface area contributed by atoms with Gasteiger partial charge < -0.3 is 14.4 Å². The summed E-state index contributed by atoms with van der Waals surface area (Å²) in [4.78, 5) is 14.4. The first kappa shape index (κ1) is 19.1.